The van der Waals surface area contributed by atoms with Crippen LogP contribution in [0.25, 0.3) is 0 Å². The molecular formula is C28H28O2Sn2. The number of hydrogen-bond acceptors (Lipinski definition) is 2. The summed E-state index contributed by atoms with van der Waals surface area (Å²) in [4.78, 5) is 9.80. The molecule has 0 unspecified atom stereocenters. The number of para-hydroxylation sites is 4. The zero-order chi connectivity index (χ0) is 22.3. The molecule has 0 radical (unpaired) electrons. The fraction of sp³-hybridized carbons (Fsp3) is 0.143. The summed E-state index contributed by atoms with van der Waals surface area (Å²) >= 11 is -6.09. The van der Waals surface area contributed by atoms with Crippen LogP contribution >= 0.6 is 0 Å². The summed E-state index contributed by atoms with van der Waals surface area (Å²) in [7, 11) is 0. The molecule has 4 heteroatoms. The Bertz CT molecular complexity index is 1100. The molecule has 4 aromatic rings. The van der Waals surface area contributed by atoms with Gasteiger partial charge in [-0.2, -0.15) is 0 Å². The minimum atomic E-state index is -3.04. The Kier molecular flexibility index (Phi) is 5.78. The quantitative estimate of drug-likeness (QED) is 0.247. The van der Waals surface area contributed by atoms with E-state index in [1.807, 2.05) is 0 Å². The van der Waals surface area contributed by atoms with Gasteiger partial charge in [-0.25, -0.2) is 0 Å². The van der Waals surface area contributed by atoms with Crippen molar-refractivity contribution in [2.24, 2.45) is 0 Å². The summed E-state index contributed by atoms with van der Waals surface area (Å²) in [5.41, 5.74) is 0. The molecule has 32 heavy (non-hydrogen) atoms. The molecule has 4 aromatic carbocycles. The number of benzene rings is 4. The molecule has 0 bridgehead atoms. The van der Waals surface area contributed by atoms with Crippen LogP contribution in [-0.2, 0) is 0 Å². The number of fused-ring (bicyclic) bond motifs is 4. The fourth-order valence-corrected chi connectivity index (χ4v) is 20.9. The van der Waals surface area contributed by atoms with E-state index in [0.717, 1.165) is 23.0 Å². The van der Waals surface area contributed by atoms with E-state index in [0.29, 0.717) is 0 Å². The molecule has 0 fully saturated rings. The maximum absolute atomic E-state index is 6.78. The van der Waals surface area contributed by atoms with Crippen LogP contribution in [0.15, 0.2) is 97.1 Å². The molecule has 0 saturated heterocycles. The SMILES string of the molecule is [CH3][Sn]1([CH3])[c]2ccccc2Oc2cccc[c]2[Sn]([CH3])([CH3])[c]2ccccc2Oc2cccc[c]21. The van der Waals surface area contributed by atoms with Crippen LogP contribution in [0, 0.1) is 0 Å². The van der Waals surface area contributed by atoms with Crippen LogP contribution in [-0.4, -0.2) is 36.8 Å². The van der Waals surface area contributed by atoms with Gasteiger partial charge in [0.25, 0.3) is 0 Å². The van der Waals surface area contributed by atoms with Crippen LogP contribution in [0.5, 0.6) is 23.0 Å². The Morgan fingerprint density at radius 1 is 0.375 bits per heavy atom. The van der Waals surface area contributed by atoms with Gasteiger partial charge < -0.3 is 0 Å². The third-order valence-electron chi connectivity index (χ3n) is 6.68. The van der Waals surface area contributed by atoms with E-state index in [1.54, 1.807) is 0 Å². The Hall–Kier alpha value is -1.92. The average molecular weight is 634 g/mol. The van der Waals surface area contributed by atoms with E-state index in [9.17, 15) is 0 Å². The Morgan fingerprint density at radius 2 is 0.594 bits per heavy atom. The van der Waals surface area contributed by atoms with Crippen LogP contribution in [0.3, 0.4) is 0 Å². The summed E-state index contributed by atoms with van der Waals surface area (Å²) in [5, 5.41) is 0. The zero-order valence-electron chi connectivity index (χ0n) is 19.1. The first-order valence-electron chi connectivity index (χ1n) is 11.1. The van der Waals surface area contributed by atoms with E-state index in [2.05, 4.69) is 117 Å². The molecule has 160 valence electrons. The fourth-order valence-electron chi connectivity index (χ4n) is 4.82. The van der Waals surface area contributed by atoms with Crippen LogP contribution in [0.2, 0.25) is 19.8 Å². The van der Waals surface area contributed by atoms with Crippen molar-refractivity contribution in [3.8, 4) is 23.0 Å². The minimum absolute atomic E-state index is 0.992. The number of rotatable bonds is 0. The third kappa shape index (κ3) is 3.75. The molecule has 1 heterocycles. The molecule has 2 nitrogen and oxygen atoms in total. The average Bonchev–Trinajstić information content (AvgIpc) is 2.80. The summed E-state index contributed by atoms with van der Waals surface area (Å²) in [6.07, 6.45) is 0. The van der Waals surface area contributed by atoms with E-state index in [1.165, 1.54) is 14.3 Å². The predicted octanol–water partition coefficient (Wildman–Crippen LogP) is 5.23. The van der Waals surface area contributed by atoms with Crippen molar-refractivity contribution >= 4 is 51.1 Å². The molecule has 0 N–H and O–H groups in total. The second-order valence-electron chi connectivity index (χ2n) is 9.44. The van der Waals surface area contributed by atoms with Crippen molar-refractivity contribution in [1.82, 2.24) is 0 Å². The van der Waals surface area contributed by atoms with Crippen molar-refractivity contribution < 1.29 is 9.47 Å². The predicted molar refractivity (Wildman–Crippen MR) is 139 cm³/mol. The van der Waals surface area contributed by atoms with E-state index >= 15 is 0 Å². The van der Waals surface area contributed by atoms with Crippen LogP contribution < -0.4 is 23.8 Å². The van der Waals surface area contributed by atoms with Gasteiger partial charge in [-0.15, -0.1) is 0 Å². The van der Waals surface area contributed by atoms with Gasteiger partial charge in [0, 0.05) is 0 Å². The van der Waals surface area contributed by atoms with Gasteiger partial charge in [-0.1, -0.05) is 0 Å². The summed E-state index contributed by atoms with van der Waals surface area (Å²) < 4.78 is 19.0. The standard InChI is InChI=1S/2C12H8O.4CH3.2Sn/c2*1-3-7-11(8-4-1)13-12-9-5-2-6-10-12;;;;;;/h2*1-7,9H;4*1H3;;. The van der Waals surface area contributed by atoms with Gasteiger partial charge in [0.2, 0.25) is 0 Å². The monoisotopic (exact) mass is 636 g/mol. The van der Waals surface area contributed by atoms with Crippen molar-refractivity contribution in [2.75, 3.05) is 0 Å². The molecule has 0 atom stereocenters. The first kappa shape index (κ1) is 21.9. The molecule has 0 amide bonds. The van der Waals surface area contributed by atoms with Crippen molar-refractivity contribution in [3.63, 3.8) is 0 Å². The molecule has 5 rings (SSSR count). The number of ether oxygens (including phenoxy) is 2. The third-order valence-corrected chi connectivity index (χ3v) is 26.8. The zero-order valence-corrected chi connectivity index (χ0v) is 24.8. The van der Waals surface area contributed by atoms with E-state index < -0.39 is 36.8 Å². The first-order valence-corrected chi connectivity index (χ1v) is 28.3. The Labute approximate surface area is 199 Å². The second kappa shape index (κ2) is 8.45. The summed E-state index contributed by atoms with van der Waals surface area (Å²) in [6, 6.07) is 34.5. The molecule has 0 aliphatic carbocycles. The molecule has 0 aromatic heterocycles. The normalized spacial score (nSPS) is 15.9. The number of hydrogen-bond donors (Lipinski definition) is 0. The Balaban J connectivity index is 1.84. The molecule has 0 saturated carbocycles. The van der Waals surface area contributed by atoms with Gasteiger partial charge in [0.1, 0.15) is 0 Å². The van der Waals surface area contributed by atoms with Gasteiger partial charge in [0.15, 0.2) is 0 Å². The summed E-state index contributed by atoms with van der Waals surface area (Å²) in [5.74, 6) is 3.97. The van der Waals surface area contributed by atoms with E-state index in [4.69, 9.17) is 9.47 Å². The second-order valence-corrected chi connectivity index (χ2v) is 34.1. The Morgan fingerprint density at radius 3 is 0.844 bits per heavy atom. The van der Waals surface area contributed by atoms with E-state index in [-0.39, 0.29) is 0 Å². The van der Waals surface area contributed by atoms with Crippen LogP contribution in [0.4, 0.5) is 0 Å². The van der Waals surface area contributed by atoms with Crippen molar-refractivity contribution in [3.05, 3.63) is 97.1 Å². The summed E-state index contributed by atoms with van der Waals surface area (Å²) in [6.45, 7) is 0. The molecular weight excluding hydrogens is 606 g/mol. The van der Waals surface area contributed by atoms with Crippen molar-refractivity contribution in [2.45, 2.75) is 19.8 Å². The van der Waals surface area contributed by atoms with Gasteiger partial charge >= 0.3 is 200 Å². The van der Waals surface area contributed by atoms with Gasteiger partial charge in [0.05, 0.1) is 0 Å². The van der Waals surface area contributed by atoms with Gasteiger partial charge in [-0.3, -0.25) is 0 Å². The maximum atomic E-state index is 6.78. The molecule has 1 aliphatic rings. The van der Waals surface area contributed by atoms with Gasteiger partial charge in [-0.05, 0) is 0 Å². The van der Waals surface area contributed by atoms with Crippen LogP contribution in [0.1, 0.15) is 0 Å². The molecule has 1 aliphatic heterocycles. The molecule has 0 spiro atoms. The topological polar surface area (TPSA) is 18.5 Å². The van der Waals surface area contributed by atoms with Crippen molar-refractivity contribution in [1.29, 1.82) is 0 Å². The first-order chi connectivity index (χ1) is 15.4.